The second-order valence-corrected chi connectivity index (χ2v) is 9.83. The largest absolute Gasteiger partial charge is 0.452 e. The van der Waals surface area contributed by atoms with Crippen molar-refractivity contribution in [3.8, 4) is 0 Å². The lowest BCUT2D eigenvalue weighted by Gasteiger charge is -2.26. The van der Waals surface area contributed by atoms with Crippen molar-refractivity contribution in [3.05, 3.63) is 62.7 Å². The second-order valence-electron chi connectivity index (χ2n) is 7.49. The third-order valence-corrected chi connectivity index (χ3v) is 7.36. The summed E-state index contributed by atoms with van der Waals surface area (Å²) in [5.74, 6) is -1.70. The number of nitrogens with one attached hydrogen (secondary N) is 1. The average Bonchev–Trinajstić information content (AvgIpc) is 2.79. The molecule has 0 saturated carbocycles. The molecule has 0 atom stereocenters. The van der Waals surface area contributed by atoms with Gasteiger partial charge in [0.15, 0.2) is 6.61 Å². The minimum atomic E-state index is -3.79. The maximum Gasteiger partial charge on any atom is 0.340 e. The Morgan fingerprint density at radius 1 is 1.15 bits per heavy atom. The van der Waals surface area contributed by atoms with E-state index in [1.54, 1.807) is 6.92 Å². The maximum atomic E-state index is 12.9. The predicted molar refractivity (Wildman–Crippen MR) is 121 cm³/mol. The minimum Gasteiger partial charge on any atom is -0.452 e. The molecule has 0 spiro atoms. The quantitative estimate of drug-likeness (QED) is 0.352. The number of anilines is 1. The number of benzene rings is 2. The molecular formula is C21H22ClN3O7S. The molecule has 1 amide bonds. The van der Waals surface area contributed by atoms with E-state index in [0.29, 0.717) is 18.7 Å². The smallest absolute Gasteiger partial charge is 0.340 e. The number of carbonyl (C=O) groups is 2. The number of nitro benzene ring substituents is 1. The molecule has 0 aliphatic carbocycles. The minimum absolute atomic E-state index is 0.0211. The first-order valence-corrected chi connectivity index (χ1v) is 11.9. The third kappa shape index (κ3) is 5.86. The third-order valence-electron chi connectivity index (χ3n) is 5.13. The highest BCUT2D eigenvalue weighted by Gasteiger charge is 2.27. The molecule has 3 rings (SSSR count). The number of esters is 1. The summed E-state index contributed by atoms with van der Waals surface area (Å²) in [5.41, 5.74) is 0.247. The van der Waals surface area contributed by atoms with Gasteiger partial charge in [-0.2, -0.15) is 4.31 Å². The summed E-state index contributed by atoms with van der Waals surface area (Å²) in [4.78, 5) is 35.0. The van der Waals surface area contributed by atoms with Crippen molar-refractivity contribution >= 4 is 44.9 Å². The predicted octanol–water partition coefficient (Wildman–Crippen LogP) is 3.53. The van der Waals surface area contributed by atoms with Gasteiger partial charge in [-0.1, -0.05) is 24.1 Å². The Kier molecular flexibility index (Phi) is 7.67. The van der Waals surface area contributed by atoms with Crippen LogP contribution in [0.2, 0.25) is 5.02 Å². The van der Waals surface area contributed by atoms with Gasteiger partial charge in [0, 0.05) is 30.4 Å². The van der Waals surface area contributed by atoms with Crippen LogP contribution in [0.4, 0.5) is 11.4 Å². The SMILES string of the molecule is Cc1ccc(NC(=O)COC(=O)c2cc(S(=O)(=O)N3CCCCC3)ccc2Cl)cc1[N+](=O)[O-]. The molecule has 1 saturated heterocycles. The van der Waals surface area contributed by atoms with Crippen LogP contribution in [0.15, 0.2) is 41.3 Å². The van der Waals surface area contributed by atoms with Crippen LogP contribution in [-0.2, 0) is 19.6 Å². The molecule has 1 heterocycles. The summed E-state index contributed by atoms with van der Waals surface area (Å²) in [6.07, 6.45) is 2.49. The second kappa shape index (κ2) is 10.3. The van der Waals surface area contributed by atoms with Crippen molar-refractivity contribution in [2.75, 3.05) is 25.0 Å². The van der Waals surface area contributed by atoms with Crippen LogP contribution in [0.5, 0.6) is 0 Å². The van der Waals surface area contributed by atoms with Crippen LogP contribution in [-0.4, -0.2) is 49.2 Å². The van der Waals surface area contributed by atoms with Crippen LogP contribution >= 0.6 is 11.6 Å². The van der Waals surface area contributed by atoms with E-state index < -0.39 is 33.4 Å². The number of piperidine rings is 1. The molecule has 1 N–H and O–H groups in total. The number of carbonyl (C=O) groups excluding carboxylic acids is 2. The number of hydrogen-bond acceptors (Lipinski definition) is 7. The van der Waals surface area contributed by atoms with Gasteiger partial charge in [0.05, 0.1) is 20.4 Å². The van der Waals surface area contributed by atoms with Crippen LogP contribution in [0.1, 0.15) is 35.2 Å². The molecule has 0 unspecified atom stereocenters. The maximum absolute atomic E-state index is 12.9. The summed E-state index contributed by atoms with van der Waals surface area (Å²) in [6, 6.07) is 7.90. The van der Waals surface area contributed by atoms with E-state index in [1.807, 2.05) is 0 Å². The number of halogens is 1. The Bertz CT molecular complexity index is 1190. The Morgan fingerprint density at radius 3 is 2.52 bits per heavy atom. The van der Waals surface area contributed by atoms with Gasteiger partial charge in [-0.05, 0) is 44.0 Å². The molecule has 2 aromatic rings. The van der Waals surface area contributed by atoms with Gasteiger partial charge in [-0.25, -0.2) is 13.2 Å². The molecule has 12 heteroatoms. The van der Waals surface area contributed by atoms with Gasteiger partial charge in [0.25, 0.3) is 11.6 Å². The molecule has 0 aromatic heterocycles. The van der Waals surface area contributed by atoms with Gasteiger partial charge in [-0.15, -0.1) is 0 Å². The highest BCUT2D eigenvalue weighted by atomic mass is 35.5. The molecule has 1 fully saturated rings. The van der Waals surface area contributed by atoms with E-state index in [4.69, 9.17) is 16.3 Å². The van der Waals surface area contributed by atoms with Crippen molar-refractivity contribution in [3.63, 3.8) is 0 Å². The first-order valence-electron chi connectivity index (χ1n) is 10.1. The van der Waals surface area contributed by atoms with Crippen molar-refractivity contribution < 1.29 is 27.7 Å². The topological polar surface area (TPSA) is 136 Å². The normalized spacial score (nSPS) is 14.5. The van der Waals surface area contributed by atoms with Crippen LogP contribution in [0.25, 0.3) is 0 Å². The van der Waals surface area contributed by atoms with Gasteiger partial charge in [0.1, 0.15) is 0 Å². The van der Waals surface area contributed by atoms with Crippen molar-refractivity contribution in [2.24, 2.45) is 0 Å². The fourth-order valence-corrected chi connectivity index (χ4v) is 5.10. The lowest BCUT2D eigenvalue weighted by molar-refractivity contribution is -0.385. The van der Waals surface area contributed by atoms with E-state index >= 15 is 0 Å². The zero-order chi connectivity index (χ0) is 24.2. The Balaban J connectivity index is 1.68. The van der Waals surface area contributed by atoms with E-state index in [9.17, 15) is 28.1 Å². The van der Waals surface area contributed by atoms with Gasteiger partial charge in [-0.3, -0.25) is 14.9 Å². The van der Waals surface area contributed by atoms with Crippen molar-refractivity contribution in [2.45, 2.75) is 31.1 Å². The first kappa shape index (κ1) is 24.6. The number of nitrogens with zero attached hydrogens (tertiary/aromatic N) is 2. The number of aryl methyl sites for hydroxylation is 1. The lowest BCUT2D eigenvalue weighted by atomic mass is 10.2. The van der Waals surface area contributed by atoms with Gasteiger partial charge in [0.2, 0.25) is 10.0 Å². The van der Waals surface area contributed by atoms with Crippen LogP contribution in [0, 0.1) is 17.0 Å². The van der Waals surface area contributed by atoms with E-state index in [1.165, 1.54) is 34.6 Å². The zero-order valence-electron chi connectivity index (χ0n) is 17.7. The average molecular weight is 496 g/mol. The molecule has 33 heavy (non-hydrogen) atoms. The first-order chi connectivity index (χ1) is 15.6. The summed E-state index contributed by atoms with van der Waals surface area (Å²) >= 11 is 6.06. The number of ether oxygens (including phenoxy) is 1. The number of rotatable bonds is 7. The molecular weight excluding hydrogens is 474 g/mol. The lowest BCUT2D eigenvalue weighted by Crippen LogP contribution is -2.35. The standard InChI is InChI=1S/C21H22ClN3O7S/c1-14-5-6-15(11-19(14)25(28)29)23-20(26)13-32-21(27)17-12-16(7-8-18(17)22)33(30,31)24-9-3-2-4-10-24/h5-8,11-12H,2-4,9-10,13H2,1H3,(H,23,26). The van der Waals surface area contributed by atoms with Gasteiger partial charge < -0.3 is 10.1 Å². The van der Waals surface area contributed by atoms with E-state index in [0.717, 1.165) is 25.3 Å². The molecule has 0 bridgehead atoms. The summed E-state index contributed by atoms with van der Waals surface area (Å²) in [7, 11) is -3.79. The highest BCUT2D eigenvalue weighted by Crippen LogP contribution is 2.26. The number of hydrogen-bond donors (Lipinski definition) is 1. The fraction of sp³-hybridized carbons (Fsp3) is 0.333. The Hall–Kier alpha value is -3.02. The Labute approximate surface area is 195 Å². The van der Waals surface area contributed by atoms with Crippen molar-refractivity contribution in [1.82, 2.24) is 4.31 Å². The monoisotopic (exact) mass is 495 g/mol. The number of nitro groups is 1. The number of amides is 1. The zero-order valence-corrected chi connectivity index (χ0v) is 19.3. The molecule has 176 valence electrons. The molecule has 10 nitrogen and oxygen atoms in total. The Morgan fingerprint density at radius 2 is 1.85 bits per heavy atom. The van der Waals surface area contributed by atoms with E-state index in [2.05, 4.69) is 5.32 Å². The molecule has 2 aromatic carbocycles. The van der Waals surface area contributed by atoms with Crippen LogP contribution < -0.4 is 5.32 Å². The molecule has 1 aliphatic rings. The van der Waals surface area contributed by atoms with E-state index in [-0.39, 0.29) is 26.9 Å². The highest BCUT2D eigenvalue weighted by molar-refractivity contribution is 7.89. The molecule has 0 radical (unpaired) electrons. The summed E-state index contributed by atoms with van der Waals surface area (Å²) in [6.45, 7) is 1.68. The number of sulfonamides is 1. The van der Waals surface area contributed by atoms with Crippen molar-refractivity contribution in [1.29, 1.82) is 0 Å². The summed E-state index contributed by atoms with van der Waals surface area (Å²) in [5, 5.41) is 13.4. The summed E-state index contributed by atoms with van der Waals surface area (Å²) < 4.78 is 32.1. The van der Waals surface area contributed by atoms with Crippen LogP contribution in [0.3, 0.4) is 0 Å². The fourth-order valence-electron chi connectivity index (χ4n) is 3.37. The molecule has 1 aliphatic heterocycles. The van der Waals surface area contributed by atoms with Gasteiger partial charge >= 0.3 is 5.97 Å².